The van der Waals surface area contributed by atoms with Crippen LogP contribution in [0.5, 0.6) is 0 Å². The Morgan fingerprint density at radius 1 is 1.07 bits per heavy atom. The van der Waals surface area contributed by atoms with E-state index in [1.807, 2.05) is 12.1 Å². The SMILES string of the molecule is O=C(Nc1ccc(Cl)cn1)C1CCN(C(=O)Cn2c(=O)cnc3ccccc32)CC1. The number of anilines is 1. The van der Waals surface area contributed by atoms with Crippen LogP contribution in [-0.4, -0.2) is 44.3 Å². The predicted octanol–water partition coefficient (Wildman–Crippen LogP) is 2.32. The summed E-state index contributed by atoms with van der Waals surface area (Å²) in [7, 11) is 0. The van der Waals surface area contributed by atoms with Gasteiger partial charge in [-0.25, -0.2) is 9.97 Å². The number of hydrogen-bond donors (Lipinski definition) is 1. The van der Waals surface area contributed by atoms with Crippen molar-refractivity contribution in [2.24, 2.45) is 5.92 Å². The highest BCUT2D eigenvalue weighted by Gasteiger charge is 2.28. The fourth-order valence-electron chi connectivity index (χ4n) is 3.58. The molecule has 1 saturated heterocycles. The summed E-state index contributed by atoms with van der Waals surface area (Å²) in [5.74, 6) is -0.0113. The molecule has 3 heterocycles. The number of benzene rings is 1. The molecule has 1 aliphatic heterocycles. The van der Waals surface area contributed by atoms with Crippen LogP contribution in [0.2, 0.25) is 5.02 Å². The first-order chi connectivity index (χ1) is 14.5. The number of carbonyl (C=O) groups excluding carboxylic acids is 2. The van der Waals surface area contributed by atoms with Gasteiger partial charge in [-0.15, -0.1) is 0 Å². The van der Waals surface area contributed by atoms with Crippen molar-refractivity contribution in [3.05, 3.63) is 64.2 Å². The van der Waals surface area contributed by atoms with Gasteiger partial charge in [-0.1, -0.05) is 23.7 Å². The Morgan fingerprint density at radius 3 is 2.57 bits per heavy atom. The minimum atomic E-state index is -0.313. The number of pyridine rings is 1. The zero-order valence-electron chi connectivity index (χ0n) is 16.1. The van der Waals surface area contributed by atoms with Crippen LogP contribution in [0.15, 0.2) is 53.6 Å². The Labute approximate surface area is 177 Å². The number of nitrogens with one attached hydrogen (secondary N) is 1. The first kappa shape index (κ1) is 20.0. The van der Waals surface area contributed by atoms with Crippen molar-refractivity contribution in [1.29, 1.82) is 0 Å². The smallest absolute Gasteiger partial charge is 0.269 e. The molecule has 0 unspecified atom stereocenters. The van der Waals surface area contributed by atoms with E-state index in [9.17, 15) is 14.4 Å². The molecule has 154 valence electrons. The third-order valence-electron chi connectivity index (χ3n) is 5.24. The average Bonchev–Trinajstić information content (AvgIpc) is 2.77. The summed E-state index contributed by atoms with van der Waals surface area (Å²) in [5, 5.41) is 3.29. The summed E-state index contributed by atoms with van der Waals surface area (Å²) in [6.45, 7) is 0.874. The molecule has 1 aromatic carbocycles. The number of hydrogen-bond acceptors (Lipinski definition) is 5. The molecular formula is C21H20ClN5O3. The Balaban J connectivity index is 1.37. The molecule has 0 bridgehead atoms. The molecule has 3 aromatic rings. The lowest BCUT2D eigenvalue weighted by molar-refractivity contribution is -0.135. The standard InChI is InChI=1S/C21H20ClN5O3/c22-15-5-6-18(24-11-15)25-21(30)14-7-9-26(10-8-14)20(29)13-27-17-4-2-1-3-16(17)23-12-19(27)28/h1-6,11-12,14H,7-10,13H2,(H,24,25,30). The van der Waals surface area contributed by atoms with E-state index in [0.29, 0.717) is 47.8 Å². The first-order valence-electron chi connectivity index (χ1n) is 9.66. The second kappa shape index (κ2) is 8.62. The fourth-order valence-corrected chi connectivity index (χ4v) is 3.69. The molecule has 0 radical (unpaired) electrons. The number of fused-ring (bicyclic) bond motifs is 1. The van der Waals surface area contributed by atoms with Gasteiger partial charge in [0.2, 0.25) is 11.8 Å². The quantitative estimate of drug-likeness (QED) is 0.691. The highest BCUT2D eigenvalue weighted by atomic mass is 35.5. The summed E-state index contributed by atoms with van der Waals surface area (Å²) in [4.78, 5) is 47.4. The highest BCUT2D eigenvalue weighted by molar-refractivity contribution is 6.30. The molecule has 0 aliphatic carbocycles. The molecule has 8 nitrogen and oxygen atoms in total. The molecule has 0 spiro atoms. The summed E-state index contributed by atoms with van der Waals surface area (Å²) in [6.07, 6.45) is 3.81. The molecule has 30 heavy (non-hydrogen) atoms. The van der Waals surface area contributed by atoms with Gasteiger partial charge in [-0.2, -0.15) is 0 Å². The topological polar surface area (TPSA) is 97.2 Å². The number of nitrogens with zero attached hydrogens (tertiary/aromatic N) is 4. The van der Waals surface area contributed by atoms with Crippen molar-refractivity contribution in [3.8, 4) is 0 Å². The number of rotatable bonds is 4. The van der Waals surface area contributed by atoms with E-state index in [1.165, 1.54) is 17.0 Å². The monoisotopic (exact) mass is 425 g/mol. The van der Waals surface area contributed by atoms with Crippen molar-refractivity contribution in [1.82, 2.24) is 19.4 Å². The Bertz CT molecular complexity index is 1140. The van der Waals surface area contributed by atoms with Crippen molar-refractivity contribution >= 4 is 40.3 Å². The average molecular weight is 426 g/mol. The molecular weight excluding hydrogens is 406 g/mol. The maximum atomic E-state index is 12.8. The maximum absolute atomic E-state index is 12.8. The second-order valence-electron chi connectivity index (χ2n) is 7.18. The molecule has 2 aromatic heterocycles. The summed E-state index contributed by atoms with van der Waals surface area (Å²) >= 11 is 5.81. The number of likely N-dealkylation sites (tertiary alicyclic amines) is 1. The molecule has 1 fully saturated rings. The fraction of sp³-hybridized carbons (Fsp3) is 0.286. The van der Waals surface area contributed by atoms with Crippen molar-refractivity contribution < 1.29 is 9.59 Å². The minimum Gasteiger partial charge on any atom is -0.341 e. The lowest BCUT2D eigenvalue weighted by Crippen LogP contribution is -2.43. The van der Waals surface area contributed by atoms with Crippen LogP contribution in [0.4, 0.5) is 5.82 Å². The van der Waals surface area contributed by atoms with Gasteiger partial charge >= 0.3 is 0 Å². The number of halogens is 1. The second-order valence-corrected chi connectivity index (χ2v) is 7.61. The molecule has 4 rings (SSSR count). The van der Waals surface area contributed by atoms with Gasteiger partial charge < -0.3 is 10.2 Å². The van der Waals surface area contributed by atoms with Gasteiger partial charge in [0.05, 0.1) is 22.3 Å². The number of piperidine rings is 1. The van der Waals surface area contributed by atoms with E-state index >= 15 is 0 Å². The number of carbonyl (C=O) groups is 2. The Kier molecular flexibility index (Phi) is 5.76. The van der Waals surface area contributed by atoms with Crippen LogP contribution in [-0.2, 0) is 16.1 Å². The molecule has 9 heteroatoms. The largest absolute Gasteiger partial charge is 0.341 e. The Hall–Kier alpha value is -3.26. The van der Waals surface area contributed by atoms with E-state index in [0.717, 1.165) is 0 Å². The third kappa shape index (κ3) is 4.33. The molecule has 2 amide bonds. The normalized spacial score (nSPS) is 14.6. The summed E-state index contributed by atoms with van der Waals surface area (Å²) in [6, 6.07) is 10.5. The minimum absolute atomic E-state index is 0.0482. The van der Waals surface area contributed by atoms with Crippen LogP contribution < -0.4 is 10.9 Å². The number of para-hydroxylation sites is 2. The van der Waals surface area contributed by atoms with Gasteiger partial charge in [0, 0.05) is 25.2 Å². The zero-order chi connectivity index (χ0) is 21.1. The van der Waals surface area contributed by atoms with Crippen LogP contribution in [0.25, 0.3) is 11.0 Å². The van der Waals surface area contributed by atoms with Crippen molar-refractivity contribution in [2.75, 3.05) is 18.4 Å². The van der Waals surface area contributed by atoms with Gasteiger partial charge in [0.15, 0.2) is 0 Å². The Morgan fingerprint density at radius 2 is 1.83 bits per heavy atom. The number of amides is 2. The van der Waals surface area contributed by atoms with E-state index in [4.69, 9.17) is 11.6 Å². The van der Waals surface area contributed by atoms with Crippen LogP contribution in [0.3, 0.4) is 0 Å². The van der Waals surface area contributed by atoms with Crippen molar-refractivity contribution in [3.63, 3.8) is 0 Å². The molecule has 1 aliphatic rings. The van der Waals surface area contributed by atoms with Gasteiger partial charge in [0.1, 0.15) is 12.4 Å². The zero-order valence-corrected chi connectivity index (χ0v) is 16.9. The molecule has 0 saturated carbocycles. The van der Waals surface area contributed by atoms with E-state index in [1.54, 1.807) is 29.2 Å². The van der Waals surface area contributed by atoms with E-state index < -0.39 is 0 Å². The van der Waals surface area contributed by atoms with Crippen LogP contribution >= 0.6 is 11.6 Å². The lowest BCUT2D eigenvalue weighted by Gasteiger charge is -2.31. The van der Waals surface area contributed by atoms with Crippen molar-refractivity contribution in [2.45, 2.75) is 19.4 Å². The maximum Gasteiger partial charge on any atom is 0.269 e. The molecule has 0 atom stereocenters. The molecule has 1 N–H and O–H groups in total. The summed E-state index contributed by atoms with van der Waals surface area (Å²) in [5.41, 5.74) is 0.978. The first-order valence-corrected chi connectivity index (χ1v) is 10.0. The van der Waals surface area contributed by atoms with E-state index in [2.05, 4.69) is 15.3 Å². The number of aromatic nitrogens is 3. The lowest BCUT2D eigenvalue weighted by atomic mass is 9.96. The predicted molar refractivity (Wildman–Crippen MR) is 113 cm³/mol. The van der Waals surface area contributed by atoms with E-state index in [-0.39, 0.29) is 29.8 Å². The van der Waals surface area contributed by atoms with Crippen LogP contribution in [0, 0.1) is 5.92 Å². The highest BCUT2D eigenvalue weighted by Crippen LogP contribution is 2.20. The van der Waals surface area contributed by atoms with Crippen LogP contribution in [0.1, 0.15) is 12.8 Å². The van der Waals surface area contributed by atoms with Gasteiger partial charge in [-0.05, 0) is 37.1 Å². The summed E-state index contributed by atoms with van der Waals surface area (Å²) < 4.78 is 1.44. The van der Waals surface area contributed by atoms with Gasteiger partial charge in [-0.3, -0.25) is 19.0 Å². The van der Waals surface area contributed by atoms with Gasteiger partial charge in [0.25, 0.3) is 5.56 Å². The third-order valence-corrected chi connectivity index (χ3v) is 5.47.